The maximum atomic E-state index is 12.4. The van der Waals surface area contributed by atoms with E-state index in [4.69, 9.17) is 4.74 Å². The van der Waals surface area contributed by atoms with E-state index in [0.29, 0.717) is 30.8 Å². The molecule has 2 amide bonds. The molecule has 8 nitrogen and oxygen atoms in total. The Kier molecular flexibility index (Phi) is 5.17. The second-order valence-electron chi connectivity index (χ2n) is 7.11. The Bertz CT molecular complexity index is 631. The predicted octanol–water partition coefficient (Wildman–Crippen LogP) is 1.22. The van der Waals surface area contributed by atoms with E-state index in [1.54, 1.807) is 23.7 Å². The van der Waals surface area contributed by atoms with Crippen molar-refractivity contribution in [1.29, 1.82) is 0 Å². The van der Waals surface area contributed by atoms with E-state index < -0.39 is 11.7 Å². The zero-order valence-corrected chi connectivity index (χ0v) is 15.0. The summed E-state index contributed by atoms with van der Waals surface area (Å²) in [7, 11) is 3.28. The molecule has 8 heteroatoms. The molecule has 24 heavy (non-hydrogen) atoms. The molecule has 0 aromatic carbocycles. The minimum Gasteiger partial charge on any atom is -0.444 e. The number of aliphatic hydroxyl groups excluding tert-OH is 1. The number of ether oxygens (including phenoxy) is 1. The smallest absolute Gasteiger partial charge is 0.410 e. The summed E-state index contributed by atoms with van der Waals surface area (Å²) in [4.78, 5) is 27.6. The van der Waals surface area contributed by atoms with Gasteiger partial charge in [0, 0.05) is 32.7 Å². The minimum atomic E-state index is -0.574. The Hall–Kier alpha value is -2.09. The number of aryl methyl sites for hydroxylation is 1. The summed E-state index contributed by atoms with van der Waals surface area (Å²) < 4.78 is 7.15. The number of hydrogen-bond acceptors (Lipinski definition) is 5. The normalized spacial score (nSPS) is 14.8. The largest absolute Gasteiger partial charge is 0.444 e. The van der Waals surface area contributed by atoms with Crippen molar-refractivity contribution in [2.75, 3.05) is 20.6 Å². The summed E-state index contributed by atoms with van der Waals surface area (Å²) in [5.41, 5.74) is 0.828. The zero-order valence-electron chi connectivity index (χ0n) is 15.0. The van der Waals surface area contributed by atoms with Crippen molar-refractivity contribution in [3.63, 3.8) is 0 Å². The van der Waals surface area contributed by atoms with Gasteiger partial charge in [0.2, 0.25) is 0 Å². The van der Waals surface area contributed by atoms with Gasteiger partial charge < -0.3 is 19.6 Å². The predicted molar refractivity (Wildman–Crippen MR) is 87.4 cm³/mol. The molecule has 0 unspecified atom stereocenters. The number of nitrogens with zero attached hydrogens (tertiary/aromatic N) is 4. The van der Waals surface area contributed by atoms with Crippen LogP contribution in [0, 0.1) is 0 Å². The number of rotatable bonds is 2. The first-order valence-electron chi connectivity index (χ1n) is 8.03. The summed E-state index contributed by atoms with van der Waals surface area (Å²) in [6.45, 7) is 6.55. The molecule has 1 aliphatic rings. The molecule has 2 rings (SSSR count). The molecule has 0 bridgehead atoms. The van der Waals surface area contributed by atoms with E-state index in [1.807, 2.05) is 20.8 Å². The van der Waals surface area contributed by atoms with E-state index in [-0.39, 0.29) is 24.8 Å². The molecular formula is C16H26N4O4. The molecule has 1 aromatic heterocycles. The molecule has 2 heterocycles. The van der Waals surface area contributed by atoms with Crippen LogP contribution in [0.25, 0.3) is 0 Å². The van der Waals surface area contributed by atoms with E-state index in [2.05, 4.69) is 5.10 Å². The third-order valence-corrected chi connectivity index (χ3v) is 3.72. The number of amides is 2. The Morgan fingerprint density at radius 1 is 1.29 bits per heavy atom. The van der Waals surface area contributed by atoms with E-state index in [1.165, 1.54) is 4.90 Å². The number of hydrogen-bond donors (Lipinski definition) is 1. The highest BCUT2D eigenvalue weighted by Gasteiger charge is 2.29. The minimum absolute atomic E-state index is 0.239. The van der Waals surface area contributed by atoms with Crippen LogP contribution < -0.4 is 0 Å². The molecule has 1 aromatic rings. The maximum Gasteiger partial charge on any atom is 0.410 e. The van der Waals surface area contributed by atoms with Gasteiger partial charge >= 0.3 is 6.09 Å². The van der Waals surface area contributed by atoms with Crippen LogP contribution in [0.15, 0.2) is 0 Å². The second-order valence-corrected chi connectivity index (χ2v) is 7.11. The molecule has 134 valence electrons. The molecule has 0 spiro atoms. The van der Waals surface area contributed by atoms with Gasteiger partial charge in [-0.05, 0) is 27.2 Å². The molecule has 0 saturated heterocycles. The van der Waals surface area contributed by atoms with Crippen LogP contribution in [0.4, 0.5) is 4.79 Å². The van der Waals surface area contributed by atoms with Crippen molar-refractivity contribution in [2.45, 2.75) is 52.5 Å². The van der Waals surface area contributed by atoms with E-state index in [0.717, 1.165) is 0 Å². The molecule has 0 saturated carbocycles. The highest BCUT2D eigenvalue weighted by atomic mass is 16.6. The van der Waals surface area contributed by atoms with Crippen molar-refractivity contribution in [3.05, 3.63) is 17.0 Å². The van der Waals surface area contributed by atoms with E-state index >= 15 is 0 Å². The molecule has 1 aliphatic heterocycles. The molecule has 0 aliphatic carbocycles. The fraction of sp³-hybridized carbons (Fsp3) is 0.688. The number of carbonyl (C=O) groups is 2. The second kappa shape index (κ2) is 6.80. The Labute approximate surface area is 142 Å². The van der Waals surface area contributed by atoms with Gasteiger partial charge in [-0.3, -0.25) is 9.48 Å². The fourth-order valence-electron chi connectivity index (χ4n) is 2.60. The van der Waals surface area contributed by atoms with Gasteiger partial charge in [0.1, 0.15) is 5.60 Å². The van der Waals surface area contributed by atoms with Crippen LogP contribution >= 0.6 is 0 Å². The first-order valence-corrected chi connectivity index (χ1v) is 8.03. The van der Waals surface area contributed by atoms with Gasteiger partial charge in [0.15, 0.2) is 5.69 Å². The lowest BCUT2D eigenvalue weighted by molar-refractivity contribution is 0.0235. The Morgan fingerprint density at radius 2 is 1.96 bits per heavy atom. The van der Waals surface area contributed by atoms with E-state index in [9.17, 15) is 14.7 Å². The third kappa shape index (κ3) is 3.87. The summed E-state index contributed by atoms with van der Waals surface area (Å²) in [6, 6.07) is 0. The van der Waals surface area contributed by atoms with Gasteiger partial charge in [-0.15, -0.1) is 0 Å². The van der Waals surface area contributed by atoms with Crippen molar-refractivity contribution in [3.8, 4) is 0 Å². The van der Waals surface area contributed by atoms with Crippen LogP contribution in [0.2, 0.25) is 0 Å². The first kappa shape index (κ1) is 18.3. The lowest BCUT2D eigenvalue weighted by Gasteiger charge is -2.26. The first-order chi connectivity index (χ1) is 11.1. The SMILES string of the molecule is CN(C)C(=O)c1nn2c(c1CO)CN(C(=O)OC(C)(C)C)CCC2. The standard InChI is InChI=1S/C16H26N4O4/c1-16(2,3)24-15(23)19-7-6-8-20-12(9-19)11(10-21)13(17-20)14(22)18(4)5/h21H,6-10H2,1-5H3. The highest BCUT2D eigenvalue weighted by Crippen LogP contribution is 2.22. The zero-order chi connectivity index (χ0) is 18.1. The van der Waals surface area contributed by atoms with Crippen molar-refractivity contribution < 1.29 is 19.4 Å². The highest BCUT2D eigenvalue weighted by molar-refractivity contribution is 5.93. The Balaban J connectivity index is 2.32. The number of carbonyl (C=O) groups excluding carboxylic acids is 2. The van der Waals surface area contributed by atoms with Crippen LogP contribution in [0.1, 0.15) is 48.9 Å². The van der Waals surface area contributed by atoms with Gasteiger partial charge in [-0.2, -0.15) is 5.10 Å². The lowest BCUT2D eigenvalue weighted by Crippen LogP contribution is -2.36. The quantitative estimate of drug-likeness (QED) is 0.876. The molecule has 0 fully saturated rings. The number of aromatic nitrogens is 2. The summed E-state index contributed by atoms with van der Waals surface area (Å²) in [5, 5.41) is 14.1. The van der Waals surface area contributed by atoms with Crippen LogP contribution in [0.5, 0.6) is 0 Å². The molecule has 1 N–H and O–H groups in total. The average molecular weight is 338 g/mol. The maximum absolute atomic E-state index is 12.4. The van der Waals surface area contributed by atoms with Crippen LogP contribution in [0.3, 0.4) is 0 Å². The topological polar surface area (TPSA) is 87.9 Å². The summed E-state index contributed by atoms with van der Waals surface area (Å²) in [6.07, 6.45) is 0.301. The summed E-state index contributed by atoms with van der Waals surface area (Å²) >= 11 is 0. The van der Waals surface area contributed by atoms with Crippen LogP contribution in [-0.2, 0) is 24.4 Å². The summed E-state index contributed by atoms with van der Waals surface area (Å²) in [5.74, 6) is -0.261. The number of fused-ring (bicyclic) bond motifs is 1. The van der Waals surface area contributed by atoms with Crippen LogP contribution in [-0.4, -0.2) is 62.9 Å². The van der Waals surface area contributed by atoms with Crippen molar-refractivity contribution in [2.24, 2.45) is 0 Å². The van der Waals surface area contributed by atoms with Gasteiger partial charge in [0.05, 0.1) is 18.8 Å². The molecular weight excluding hydrogens is 312 g/mol. The average Bonchev–Trinajstić information content (AvgIpc) is 2.67. The van der Waals surface area contributed by atoms with Crippen molar-refractivity contribution >= 4 is 12.0 Å². The molecule has 0 radical (unpaired) electrons. The van der Waals surface area contributed by atoms with Gasteiger partial charge in [0.25, 0.3) is 5.91 Å². The fourth-order valence-corrected chi connectivity index (χ4v) is 2.60. The third-order valence-electron chi connectivity index (χ3n) is 3.72. The van der Waals surface area contributed by atoms with Crippen molar-refractivity contribution in [1.82, 2.24) is 19.6 Å². The Morgan fingerprint density at radius 3 is 2.50 bits per heavy atom. The monoisotopic (exact) mass is 338 g/mol. The molecule has 0 atom stereocenters. The van der Waals surface area contributed by atoms with Gasteiger partial charge in [-0.1, -0.05) is 0 Å². The van der Waals surface area contributed by atoms with Gasteiger partial charge in [-0.25, -0.2) is 4.79 Å². The number of aliphatic hydroxyl groups is 1. The lowest BCUT2D eigenvalue weighted by atomic mass is 10.1.